The number of allylic oxidation sites excluding steroid dienone is 5. The molecule has 0 rings (SSSR count). The summed E-state index contributed by atoms with van der Waals surface area (Å²) >= 11 is 0. The minimum absolute atomic E-state index is 0.0785. The number of carbonyl (C=O) groups is 1. The highest BCUT2D eigenvalue weighted by Gasteiger charge is 2.26. The Morgan fingerprint density at radius 2 is 0.917 bits per heavy atom. The van der Waals surface area contributed by atoms with Crippen LogP contribution in [-0.4, -0.2) is 47.8 Å². The second kappa shape index (κ2) is 47.2. The van der Waals surface area contributed by atoms with E-state index < -0.39 is 20.0 Å². The molecule has 0 aliphatic carbocycles. The van der Waals surface area contributed by atoms with Crippen LogP contribution in [-0.2, 0) is 18.4 Å². The molecule has 0 aromatic heterocycles. The van der Waals surface area contributed by atoms with E-state index in [1.54, 1.807) is 6.08 Å². The first kappa shape index (κ1) is 58.7. The molecule has 0 heterocycles. The van der Waals surface area contributed by atoms with Gasteiger partial charge in [-0.05, 0) is 51.4 Å². The number of amides is 1. The van der Waals surface area contributed by atoms with Gasteiger partial charge in [-0.2, -0.15) is 0 Å². The highest BCUT2D eigenvalue weighted by atomic mass is 31.2. The normalized spacial score (nSPS) is 14.2. The third-order valence-corrected chi connectivity index (χ3v) is 12.4. The van der Waals surface area contributed by atoms with Crippen LogP contribution >= 0.6 is 7.82 Å². The molecule has 60 heavy (non-hydrogen) atoms. The van der Waals surface area contributed by atoms with Crippen LogP contribution in [0.5, 0.6) is 0 Å². The van der Waals surface area contributed by atoms with Crippen molar-refractivity contribution in [1.82, 2.24) is 5.32 Å². The molecule has 1 amide bonds. The summed E-state index contributed by atoms with van der Waals surface area (Å²) in [5.74, 6) is -0.194. The van der Waals surface area contributed by atoms with Crippen molar-refractivity contribution < 1.29 is 28.4 Å². The highest BCUT2D eigenvalue weighted by molar-refractivity contribution is 7.47. The molecule has 0 spiro atoms. The zero-order chi connectivity index (χ0) is 43.9. The van der Waals surface area contributed by atoms with Gasteiger partial charge in [0.05, 0.1) is 25.4 Å². The Kier molecular flexibility index (Phi) is 46.2. The van der Waals surface area contributed by atoms with Crippen molar-refractivity contribution in [1.29, 1.82) is 0 Å². The zero-order valence-electron chi connectivity index (χ0n) is 39.5. The predicted octanol–water partition coefficient (Wildman–Crippen LogP) is 15.1. The van der Waals surface area contributed by atoms with Crippen LogP contribution in [0.15, 0.2) is 36.5 Å². The molecule has 0 saturated carbocycles. The smallest absolute Gasteiger partial charge is 0.387 e. The first-order valence-electron chi connectivity index (χ1n) is 25.6. The van der Waals surface area contributed by atoms with E-state index >= 15 is 0 Å². The van der Waals surface area contributed by atoms with E-state index in [1.165, 1.54) is 186 Å². The summed E-state index contributed by atoms with van der Waals surface area (Å²) in [7, 11) is -4.34. The lowest BCUT2D eigenvalue weighted by atomic mass is 10.0. The van der Waals surface area contributed by atoms with Crippen molar-refractivity contribution >= 4 is 13.7 Å². The number of rotatable bonds is 48. The van der Waals surface area contributed by atoms with E-state index in [9.17, 15) is 19.4 Å². The maximum atomic E-state index is 12.8. The number of nitrogens with one attached hydrogen (secondary N) is 1. The number of carbonyl (C=O) groups excluding carboxylic acids is 1. The summed E-state index contributed by atoms with van der Waals surface area (Å²) in [5.41, 5.74) is 5.39. The fraction of sp³-hybridized carbons (Fsp3) is 0.863. The Morgan fingerprint density at radius 3 is 1.32 bits per heavy atom. The van der Waals surface area contributed by atoms with Gasteiger partial charge in [0, 0.05) is 13.0 Å². The van der Waals surface area contributed by atoms with Crippen LogP contribution in [0.3, 0.4) is 0 Å². The topological polar surface area (TPSA) is 131 Å². The molecule has 8 nitrogen and oxygen atoms in total. The van der Waals surface area contributed by atoms with Crippen LogP contribution in [0.25, 0.3) is 0 Å². The van der Waals surface area contributed by atoms with Gasteiger partial charge in [0.1, 0.15) is 0 Å². The summed E-state index contributed by atoms with van der Waals surface area (Å²) < 4.78 is 22.2. The van der Waals surface area contributed by atoms with Crippen LogP contribution in [0.4, 0.5) is 0 Å². The molecule has 0 aliphatic rings. The molecule has 9 heteroatoms. The van der Waals surface area contributed by atoms with E-state index in [-0.39, 0.29) is 25.7 Å². The molecule has 0 aliphatic heterocycles. The van der Waals surface area contributed by atoms with Crippen LogP contribution < -0.4 is 11.1 Å². The first-order valence-corrected chi connectivity index (χ1v) is 27.1. The number of hydrogen-bond donors (Lipinski definition) is 4. The summed E-state index contributed by atoms with van der Waals surface area (Å²) in [5, 5.41) is 13.7. The van der Waals surface area contributed by atoms with Crippen molar-refractivity contribution in [3.8, 4) is 0 Å². The number of aliphatic hydroxyl groups is 1. The Morgan fingerprint density at radius 1 is 0.550 bits per heavy atom. The second-order valence-corrected chi connectivity index (χ2v) is 18.8. The van der Waals surface area contributed by atoms with Gasteiger partial charge in [-0.25, -0.2) is 4.57 Å². The summed E-state index contributed by atoms with van der Waals surface area (Å²) in [6.07, 6.45) is 57.7. The Hall–Kier alpha value is -1.28. The lowest BCUT2D eigenvalue weighted by Gasteiger charge is -2.23. The maximum Gasteiger partial charge on any atom is 0.472 e. The van der Waals surface area contributed by atoms with E-state index in [0.717, 1.165) is 44.9 Å². The number of aliphatic hydroxyl groups excluding tert-OH is 1. The Bertz CT molecular complexity index is 1040. The zero-order valence-corrected chi connectivity index (χ0v) is 40.3. The molecular weight excluding hydrogens is 768 g/mol. The SMILES string of the molecule is CCCCCCC/C=C\C/C=C\CCCCCCCCCCCCCC(=O)NC(COP(=O)(O)OCCN)C(O)/C=C/CCCCCCCCCCCCCCCCCC. The van der Waals surface area contributed by atoms with Gasteiger partial charge in [0.25, 0.3) is 0 Å². The van der Waals surface area contributed by atoms with E-state index in [4.69, 9.17) is 14.8 Å². The Labute approximate surface area is 371 Å². The van der Waals surface area contributed by atoms with Crippen molar-refractivity contribution in [2.45, 2.75) is 264 Å². The van der Waals surface area contributed by atoms with Gasteiger partial charge in [-0.1, -0.05) is 230 Å². The van der Waals surface area contributed by atoms with Crippen molar-refractivity contribution in [2.75, 3.05) is 19.8 Å². The molecule has 0 saturated heterocycles. The fourth-order valence-electron chi connectivity index (χ4n) is 7.58. The number of phosphoric acid groups is 1. The number of hydrogen-bond acceptors (Lipinski definition) is 6. The van der Waals surface area contributed by atoms with Gasteiger partial charge < -0.3 is 21.1 Å². The number of phosphoric ester groups is 1. The standard InChI is InChI=1S/C51H99N2O6P/c1-3-5-7-9-11-13-15-17-19-21-23-24-25-26-27-29-31-33-35-37-39-41-43-45-51(55)53-49(48-59-60(56,57)58-47-46-52)50(54)44-42-40-38-36-34-32-30-28-22-20-18-16-14-12-10-8-6-4-2/h15,17,21,23,42,44,49-50,54H,3-14,16,18-20,22,24-41,43,45-48,52H2,1-2H3,(H,53,55)(H,56,57)/b17-15-,23-21-,44-42+. The Balaban J connectivity index is 4.09. The van der Waals surface area contributed by atoms with Crippen molar-refractivity contribution in [3.63, 3.8) is 0 Å². The minimum atomic E-state index is -4.34. The monoisotopic (exact) mass is 867 g/mol. The molecule has 0 fully saturated rings. The first-order chi connectivity index (χ1) is 29.4. The molecule has 3 atom stereocenters. The maximum absolute atomic E-state index is 12.8. The van der Waals surface area contributed by atoms with Crippen LogP contribution in [0.2, 0.25) is 0 Å². The molecule has 0 aromatic carbocycles. The molecule has 0 aromatic rings. The summed E-state index contributed by atoms with van der Waals surface area (Å²) in [4.78, 5) is 22.8. The average molecular weight is 867 g/mol. The van der Waals surface area contributed by atoms with Crippen molar-refractivity contribution in [3.05, 3.63) is 36.5 Å². The molecule has 0 bridgehead atoms. The van der Waals surface area contributed by atoms with E-state index in [2.05, 4.69) is 43.5 Å². The van der Waals surface area contributed by atoms with E-state index in [1.807, 2.05) is 6.08 Å². The lowest BCUT2D eigenvalue weighted by molar-refractivity contribution is -0.123. The van der Waals surface area contributed by atoms with E-state index in [0.29, 0.717) is 6.42 Å². The van der Waals surface area contributed by atoms with Crippen LogP contribution in [0.1, 0.15) is 251 Å². The fourth-order valence-corrected chi connectivity index (χ4v) is 8.34. The summed E-state index contributed by atoms with van der Waals surface area (Å²) in [6.45, 7) is 4.15. The molecule has 5 N–H and O–H groups in total. The third kappa shape index (κ3) is 44.8. The predicted molar refractivity (Wildman–Crippen MR) is 258 cm³/mol. The van der Waals surface area contributed by atoms with Crippen molar-refractivity contribution in [2.24, 2.45) is 5.73 Å². The summed E-state index contributed by atoms with van der Waals surface area (Å²) in [6, 6.07) is -0.861. The molecule has 0 radical (unpaired) electrons. The number of nitrogens with two attached hydrogens (primary N) is 1. The van der Waals surface area contributed by atoms with Gasteiger partial charge in [-0.15, -0.1) is 0 Å². The minimum Gasteiger partial charge on any atom is -0.387 e. The highest BCUT2D eigenvalue weighted by Crippen LogP contribution is 2.43. The lowest BCUT2D eigenvalue weighted by Crippen LogP contribution is -2.45. The third-order valence-electron chi connectivity index (χ3n) is 11.5. The molecule has 354 valence electrons. The second-order valence-electron chi connectivity index (χ2n) is 17.4. The molecular formula is C51H99N2O6P. The quantitative estimate of drug-likeness (QED) is 0.0272. The van der Waals surface area contributed by atoms with Crippen LogP contribution in [0, 0.1) is 0 Å². The van der Waals surface area contributed by atoms with Gasteiger partial charge >= 0.3 is 7.82 Å². The van der Waals surface area contributed by atoms with Gasteiger partial charge in [0.2, 0.25) is 5.91 Å². The molecule has 3 unspecified atom stereocenters. The van der Waals surface area contributed by atoms with Gasteiger partial charge in [0.15, 0.2) is 0 Å². The van der Waals surface area contributed by atoms with Gasteiger partial charge in [-0.3, -0.25) is 13.8 Å². The average Bonchev–Trinajstić information content (AvgIpc) is 3.24. The largest absolute Gasteiger partial charge is 0.472 e. The number of unbranched alkanes of at least 4 members (excludes halogenated alkanes) is 32.